The number of aliphatic hydroxyl groups excluding tert-OH is 1. The van der Waals surface area contributed by atoms with Gasteiger partial charge in [0.2, 0.25) is 16.0 Å². The Bertz CT molecular complexity index is 1730. The highest BCUT2D eigenvalue weighted by Gasteiger charge is 2.30. The predicted octanol–water partition coefficient (Wildman–Crippen LogP) is 5.60. The van der Waals surface area contributed by atoms with Gasteiger partial charge < -0.3 is 21.3 Å². The Morgan fingerprint density at radius 1 is 1.07 bits per heavy atom. The number of anilines is 1. The molecule has 238 valence electrons. The molecule has 0 unspecified atom stereocenters. The third-order valence-corrected chi connectivity index (χ3v) is 9.34. The van der Waals surface area contributed by atoms with E-state index in [-0.39, 0.29) is 31.5 Å². The molecule has 14 heteroatoms. The van der Waals surface area contributed by atoms with Gasteiger partial charge >= 0.3 is 0 Å². The Morgan fingerprint density at radius 3 is 2.50 bits per heavy atom. The third kappa shape index (κ3) is 7.92. The highest BCUT2D eigenvalue weighted by Crippen LogP contribution is 2.35. The fourth-order valence-electron chi connectivity index (χ4n) is 4.66. The van der Waals surface area contributed by atoms with E-state index in [2.05, 4.69) is 16.0 Å². The van der Waals surface area contributed by atoms with Crippen LogP contribution in [0.15, 0.2) is 77.3 Å². The number of aromatic nitrogens is 4. The maximum Gasteiger partial charge on any atom is 0.243 e. The molecule has 2 aromatic carbocycles. The zero-order valence-electron chi connectivity index (χ0n) is 23.1. The zero-order valence-corrected chi connectivity index (χ0v) is 25.4. The average molecular weight is 662 g/mol. The van der Waals surface area contributed by atoms with Crippen molar-refractivity contribution >= 4 is 43.9 Å². The van der Waals surface area contributed by atoms with E-state index in [0.717, 1.165) is 29.7 Å². The maximum atomic E-state index is 13.2. The topological polar surface area (TPSA) is 159 Å². The number of aliphatic hydroxyl groups is 1. The van der Waals surface area contributed by atoms with Gasteiger partial charge in [0.1, 0.15) is 11.4 Å². The molecule has 1 aliphatic rings. The second-order valence-electron chi connectivity index (χ2n) is 8.98. The standard InChI is InChI=1S/C26H23ClN6O3S2.CH5N.CH4O.2CH4/c27-18-6-8-21(9-7-18)38(35,36)32-12-2-4-19(16-32)29-25-28-11-10-22(30-25)24-23(17-3-1-5-20(34)15-17)31-26-33(24)13-14-37-26;2*1-2;;/h1,3,5-11,13-15,19,34H,2,4,12,16H2,(H,28,29,30);2H2,1H3;2H,1H3;2*1H4/t19-;;;;/m0..../s1. The van der Waals surface area contributed by atoms with Crippen molar-refractivity contribution in [1.82, 2.24) is 23.7 Å². The summed E-state index contributed by atoms with van der Waals surface area (Å²) in [5, 5.41) is 22.8. The molecule has 5 aromatic rings. The summed E-state index contributed by atoms with van der Waals surface area (Å²) in [6.07, 6.45) is 5.11. The summed E-state index contributed by atoms with van der Waals surface area (Å²) in [6, 6.07) is 14.9. The van der Waals surface area contributed by atoms with Crippen LogP contribution in [-0.4, -0.2) is 75.6 Å². The number of imidazole rings is 1. The van der Waals surface area contributed by atoms with Gasteiger partial charge in [-0.05, 0) is 62.4 Å². The molecule has 1 atom stereocenters. The first-order valence-electron chi connectivity index (χ1n) is 13.0. The summed E-state index contributed by atoms with van der Waals surface area (Å²) in [7, 11) is -1.14. The number of rotatable bonds is 6. The van der Waals surface area contributed by atoms with Crippen molar-refractivity contribution in [2.45, 2.75) is 38.6 Å². The molecule has 44 heavy (non-hydrogen) atoms. The minimum atomic E-state index is -3.64. The number of phenolic OH excluding ortho intramolecular Hbond substituents is 1. The number of fused-ring (bicyclic) bond motifs is 1. The quantitative estimate of drug-likeness (QED) is 0.182. The number of nitrogens with one attached hydrogen (secondary N) is 1. The number of benzene rings is 2. The van der Waals surface area contributed by atoms with Crippen LogP contribution in [-0.2, 0) is 10.0 Å². The Balaban J connectivity index is 0.00000108. The number of phenols is 1. The van der Waals surface area contributed by atoms with Crippen molar-refractivity contribution in [1.29, 1.82) is 0 Å². The summed E-state index contributed by atoms with van der Waals surface area (Å²) in [5.41, 5.74) is 7.43. The van der Waals surface area contributed by atoms with Crippen LogP contribution in [0.2, 0.25) is 5.02 Å². The number of hydrogen-bond donors (Lipinski definition) is 4. The van der Waals surface area contributed by atoms with Gasteiger partial charge in [0.05, 0.1) is 16.3 Å². The lowest BCUT2D eigenvalue weighted by Crippen LogP contribution is -2.45. The van der Waals surface area contributed by atoms with Crippen LogP contribution in [0.3, 0.4) is 0 Å². The van der Waals surface area contributed by atoms with Crippen LogP contribution in [0.5, 0.6) is 5.75 Å². The van der Waals surface area contributed by atoms with Crippen molar-refractivity contribution in [3.8, 4) is 28.4 Å². The molecule has 1 saturated heterocycles. The summed E-state index contributed by atoms with van der Waals surface area (Å²) in [6.45, 7) is 0.748. The van der Waals surface area contributed by atoms with Crippen LogP contribution < -0.4 is 11.1 Å². The molecule has 0 bridgehead atoms. The SMILES string of the molecule is C.C.CN.CO.O=S(=O)(c1ccc(Cl)cc1)N1CCC[C@H](Nc2nccc(-c3c(-c4cccc(O)c4)nc4sccn34)n2)C1. The van der Waals surface area contributed by atoms with Crippen molar-refractivity contribution in [3.63, 3.8) is 0 Å². The van der Waals surface area contributed by atoms with Crippen LogP contribution in [0, 0.1) is 0 Å². The maximum absolute atomic E-state index is 13.2. The molecule has 6 rings (SSSR count). The summed E-state index contributed by atoms with van der Waals surface area (Å²) < 4.78 is 29.9. The molecule has 1 fully saturated rings. The van der Waals surface area contributed by atoms with E-state index in [1.54, 1.807) is 36.5 Å². The summed E-state index contributed by atoms with van der Waals surface area (Å²) in [4.78, 5) is 15.0. The van der Waals surface area contributed by atoms with E-state index < -0.39 is 10.0 Å². The van der Waals surface area contributed by atoms with Gasteiger partial charge in [-0.2, -0.15) is 4.31 Å². The first kappa shape index (κ1) is 36.6. The van der Waals surface area contributed by atoms with Crippen LogP contribution in [0.1, 0.15) is 27.7 Å². The van der Waals surface area contributed by atoms with Gasteiger partial charge in [-0.25, -0.2) is 23.4 Å². The fourth-order valence-corrected chi connectivity index (χ4v) is 7.03. The average Bonchev–Trinajstić information content (AvgIpc) is 3.62. The number of hydrogen-bond acceptors (Lipinski definition) is 10. The Labute approximate surface area is 268 Å². The van der Waals surface area contributed by atoms with Crippen LogP contribution in [0.4, 0.5) is 5.95 Å². The highest BCUT2D eigenvalue weighted by atomic mass is 35.5. The molecule has 1 aliphatic heterocycles. The molecular formula is C30H40ClN7O4S2. The summed E-state index contributed by atoms with van der Waals surface area (Å²) >= 11 is 7.45. The van der Waals surface area contributed by atoms with E-state index in [4.69, 9.17) is 26.7 Å². The number of piperidine rings is 1. The predicted molar refractivity (Wildman–Crippen MR) is 180 cm³/mol. The fraction of sp³-hybridized carbons (Fsp3) is 0.300. The van der Waals surface area contributed by atoms with Gasteiger partial charge in [0.15, 0.2) is 4.96 Å². The number of aromatic hydroxyl groups is 1. The molecule has 11 nitrogen and oxygen atoms in total. The number of nitrogens with zero attached hydrogens (tertiary/aromatic N) is 5. The van der Waals surface area contributed by atoms with Gasteiger partial charge in [-0.3, -0.25) is 4.40 Å². The second kappa shape index (κ2) is 16.5. The number of sulfonamides is 1. The lowest BCUT2D eigenvalue weighted by Gasteiger charge is -2.32. The Hall–Kier alpha value is -3.59. The van der Waals surface area contributed by atoms with Gasteiger partial charge in [-0.15, -0.1) is 11.3 Å². The number of nitrogens with two attached hydrogens (primary N) is 1. The normalized spacial score (nSPS) is 14.6. The Morgan fingerprint density at radius 2 is 1.80 bits per heavy atom. The smallest absolute Gasteiger partial charge is 0.243 e. The first-order valence-corrected chi connectivity index (χ1v) is 15.7. The minimum Gasteiger partial charge on any atom is -0.508 e. The van der Waals surface area contributed by atoms with E-state index >= 15 is 0 Å². The molecule has 4 heterocycles. The van der Waals surface area contributed by atoms with Gasteiger partial charge in [0, 0.05) is 54.6 Å². The van der Waals surface area contributed by atoms with Crippen molar-refractivity contribution < 1.29 is 18.6 Å². The molecule has 0 aliphatic carbocycles. The second-order valence-corrected chi connectivity index (χ2v) is 12.2. The van der Waals surface area contributed by atoms with Gasteiger partial charge in [-0.1, -0.05) is 38.6 Å². The van der Waals surface area contributed by atoms with Crippen LogP contribution in [0.25, 0.3) is 27.6 Å². The lowest BCUT2D eigenvalue weighted by atomic mass is 10.1. The van der Waals surface area contributed by atoms with E-state index in [0.29, 0.717) is 41.9 Å². The number of halogens is 1. The van der Waals surface area contributed by atoms with E-state index in [9.17, 15) is 13.5 Å². The molecular weight excluding hydrogens is 622 g/mol. The highest BCUT2D eigenvalue weighted by molar-refractivity contribution is 7.89. The lowest BCUT2D eigenvalue weighted by molar-refractivity contribution is 0.326. The third-order valence-electron chi connectivity index (χ3n) is 6.45. The molecule has 5 N–H and O–H groups in total. The minimum absolute atomic E-state index is 0. The van der Waals surface area contributed by atoms with Gasteiger partial charge in [0.25, 0.3) is 0 Å². The first-order chi connectivity index (χ1) is 20.4. The molecule has 0 saturated carbocycles. The molecule has 3 aromatic heterocycles. The largest absolute Gasteiger partial charge is 0.508 e. The van der Waals surface area contributed by atoms with Crippen molar-refractivity contribution in [3.05, 3.63) is 77.4 Å². The monoisotopic (exact) mass is 661 g/mol. The van der Waals surface area contributed by atoms with E-state index in [1.807, 2.05) is 28.1 Å². The molecule has 0 spiro atoms. The van der Waals surface area contributed by atoms with Crippen LogP contribution >= 0.6 is 22.9 Å². The number of thiazole rings is 1. The molecule has 0 radical (unpaired) electrons. The summed E-state index contributed by atoms with van der Waals surface area (Å²) in [5.74, 6) is 0.565. The van der Waals surface area contributed by atoms with E-state index in [1.165, 1.54) is 34.8 Å². The van der Waals surface area contributed by atoms with Crippen molar-refractivity contribution in [2.24, 2.45) is 5.73 Å². The zero-order chi connectivity index (χ0) is 30.3. The molecule has 0 amide bonds. The Kier molecular flexibility index (Phi) is 13.7. The van der Waals surface area contributed by atoms with Crippen molar-refractivity contribution in [2.75, 3.05) is 32.6 Å².